The Bertz CT molecular complexity index is 673. The summed E-state index contributed by atoms with van der Waals surface area (Å²) in [4.78, 5) is 27.5. The number of nitrogens with two attached hydrogens (primary N) is 1. The summed E-state index contributed by atoms with van der Waals surface area (Å²) in [6.45, 7) is 0.680. The lowest BCUT2D eigenvalue weighted by molar-refractivity contribution is -0.132. The van der Waals surface area contributed by atoms with Gasteiger partial charge in [0.05, 0.1) is 11.9 Å². The van der Waals surface area contributed by atoms with Gasteiger partial charge in [-0.3, -0.25) is 14.3 Å². The van der Waals surface area contributed by atoms with Gasteiger partial charge in [0.25, 0.3) is 0 Å². The lowest BCUT2D eigenvalue weighted by Gasteiger charge is -2.44. The molecule has 2 saturated carbocycles. The maximum Gasteiger partial charge on any atom is 0.249 e. The van der Waals surface area contributed by atoms with Gasteiger partial charge in [0, 0.05) is 31.7 Å². The van der Waals surface area contributed by atoms with Crippen molar-refractivity contribution in [2.24, 2.45) is 30.5 Å². The molecule has 4 rings (SSSR count). The van der Waals surface area contributed by atoms with E-state index in [1.54, 1.807) is 15.8 Å². The van der Waals surface area contributed by atoms with Gasteiger partial charge in [0.15, 0.2) is 0 Å². The van der Waals surface area contributed by atoms with Crippen LogP contribution in [0, 0.1) is 17.8 Å². The number of amides is 2. The number of aryl methyl sites for hydroxylation is 1. The van der Waals surface area contributed by atoms with Crippen molar-refractivity contribution in [2.45, 2.75) is 57.0 Å². The molecule has 142 valence electrons. The summed E-state index contributed by atoms with van der Waals surface area (Å²) in [6.07, 6.45) is 10.4. The lowest BCUT2D eigenvalue weighted by atomic mass is 9.65. The molecule has 3 aliphatic rings. The van der Waals surface area contributed by atoms with Gasteiger partial charge in [-0.05, 0) is 50.4 Å². The number of fused-ring (bicyclic) bond motifs is 2. The predicted molar refractivity (Wildman–Crippen MR) is 98.3 cm³/mol. The van der Waals surface area contributed by atoms with Gasteiger partial charge < -0.3 is 16.0 Å². The van der Waals surface area contributed by atoms with Crippen LogP contribution in [0.15, 0.2) is 12.4 Å². The van der Waals surface area contributed by atoms with E-state index in [4.69, 9.17) is 5.73 Å². The van der Waals surface area contributed by atoms with Gasteiger partial charge >= 0.3 is 0 Å². The SMILES string of the molecule is Cn1cc(N2CCCC(NC(=O)C3CC4CCCC(C3)C4N)C2=O)cn1. The molecule has 3 atom stereocenters. The molecule has 7 nitrogen and oxygen atoms in total. The highest BCUT2D eigenvalue weighted by Gasteiger charge is 2.41. The Kier molecular flexibility index (Phi) is 4.73. The zero-order valence-corrected chi connectivity index (χ0v) is 15.4. The van der Waals surface area contributed by atoms with E-state index in [9.17, 15) is 9.59 Å². The fourth-order valence-corrected chi connectivity index (χ4v) is 5.11. The highest BCUT2D eigenvalue weighted by atomic mass is 16.2. The molecule has 2 aliphatic carbocycles. The van der Waals surface area contributed by atoms with Crippen molar-refractivity contribution >= 4 is 17.5 Å². The smallest absolute Gasteiger partial charge is 0.249 e. The predicted octanol–water partition coefficient (Wildman–Crippen LogP) is 1.19. The van der Waals surface area contributed by atoms with Crippen molar-refractivity contribution in [1.82, 2.24) is 15.1 Å². The lowest BCUT2D eigenvalue weighted by Crippen LogP contribution is -2.55. The summed E-state index contributed by atoms with van der Waals surface area (Å²) in [6, 6.07) is -0.169. The molecule has 1 aromatic heterocycles. The van der Waals surface area contributed by atoms with Gasteiger partial charge in [-0.1, -0.05) is 6.42 Å². The fourth-order valence-electron chi connectivity index (χ4n) is 5.11. The molecule has 0 spiro atoms. The van der Waals surface area contributed by atoms with Crippen LogP contribution in [-0.4, -0.2) is 40.2 Å². The molecular weight excluding hydrogens is 330 g/mol. The first kappa shape index (κ1) is 17.5. The van der Waals surface area contributed by atoms with E-state index < -0.39 is 6.04 Å². The summed E-state index contributed by atoms with van der Waals surface area (Å²) in [5, 5.41) is 7.20. The van der Waals surface area contributed by atoms with Crippen LogP contribution in [0.1, 0.15) is 44.9 Å². The molecule has 0 radical (unpaired) electrons. The largest absolute Gasteiger partial charge is 0.344 e. The van der Waals surface area contributed by atoms with Crippen LogP contribution in [0.5, 0.6) is 0 Å². The van der Waals surface area contributed by atoms with E-state index in [0.717, 1.165) is 37.8 Å². The molecule has 2 amide bonds. The van der Waals surface area contributed by atoms with Gasteiger partial charge in [-0.25, -0.2) is 0 Å². The zero-order chi connectivity index (χ0) is 18.3. The average Bonchev–Trinajstić information content (AvgIpc) is 3.02. The number of piperidine rings is 1. The van der Waals surface area contributed by atoms with Crippen molar-refractivity contribution in [2.75, 3.05) is 11.4 Å². The standard InChI is InChI=1S/C19H29N5O2/c1-23-11-15(10-21-23)24-7-3-6-16(19(24)26)22-18(25)14-8-12-4-2-5-13(9-14)17(12)20/h10-14,16-17H,2-9,20H2,1H3,(H,22,25). The van der Waals surface area contributed by atoms with Gasteiger partial charge in [0.2, 0.25) is 11.8 Å². The monoisotopic (exact) mass is 359 g/mol. The van der Waals surface area contributed by atoms with Crippen LogP contribution < -0.4 is 16.0 Å². The second kappa shape index (κ2) is 7.02. The third-order valence-electron chi connectivity index (χ3n) is 6.54. The Hall–Kier alpha value is -1.89. The summed E-state index contributed by atoms with van der Waals surface area (Å²) in [5.74, 6) is 0.955. The molecular formula is C19H29N5O2. The number of hydrogen-bond donors (Lipinski definition) is 2. The molecule has 2 heterocycles. The van der Waals surface area contributed by atoms with Crippen molar-refractivity contribution in [1.29, 1.82) is 0 Å². The molecule has 0 aromatic carbocycles. The second-order valence-electron chi connectivity index (χ2n) is 8.26. The van der Waals surface area contributed by atoms with E-state index in [1.807, 2.05) is 13.2 Å². The van der Waals surface area contributed by atoms with E-state index in [0.29, 0.717) is 24.8 Å². The van der Waals surface area contributed by atoms with E-state index in [-0.39, 0.29) is 23.8 Å². The third-order valence-corrected chi connectivity index (χ3v) is 6.54. The highest BCUT2D eigenvalue weighted by molar-refractivity contribution is 5.99. The minimum Gasteiger partial charge on any atom is -0.344 e. The molecule has 2 bridgehead atoms. The number of aromatic nitrogens is 2. The van der Waals surface area contributed by atoms with Crippen LogP contribution in [-0.2, 0) is 16.6 Å². The Morgan fingerprint density at radius 3 is 2.62 bits per heavy atom. The first-order valence-electron chi connectivity index (χ1n) is 9.89. The number of carbonyl (C=O) groups is 2. The van der Waals surface area contributed by atoms with Crippen LogP contribution in [0.2, 0.25) is 0 Å². The van der Waals surface area contributed by atoms with Gasteiger partial charge in [0.1, 0.15) is 6.04 Å². The number of anilines is 1. The van der Waals surface area contributed by atoms with Gasteiger partial charge in [-0.2, -0.15) is 5.10 Å². The molecule has 7 heteroatoms. The second-order valence-corrected chi connectivity index (χ2v) is 8.26. The molecule has 3 fully saturated rings. The number of rotatable bonds is 3. The number of hydrogen-bond acceptors (Lipinski definition) is 4. The first-order valence-corrected chi connectivity index (χ1v) is 9.89. The summed E-state index contributed by atoms with van der Waals surface area (Å²) < 4.78 is 1.69. The normalized spacial score (nSPS) is 34.6. The van der Waals surface area contributed by atoms with E-state index >= 15 is 0 Å². The molecule has 3 N–H and O–H groups in total. The molecule has 1 aromatic rings. The van der Waals surface area contributed by atoms with Crippen molar-refractivity contribution < 1.29 is 9.59 Å². The summed E-state index contributed by atoms with van der Waals surface area (Å²) >= 11 is 0. The number of nitrogens with zero attached hydrogens (tertiary/aromatic N) is 3. The Labute approximate surface area is 154 Å². The van der Waals surface area contributed by atoms with Crippen molar-refractivity contribution in [3.05, 3.63) is 12.4 Å². The zero-order valence-electron chi connectivity index (χ0n) is 15.4. The fraction of sp³-hybridized carbons (Fsp3) is 0.737. The topological polar surface area (TPSA) is 93.2 Å². The maximum atomic E-state index is 12.9. The Balaban J connectivity index is 1.40. The Morgan fingerprint density at radius 1 is 1.23 bits per heavy atom. The third kappa shape index (κ3) is 3.24. The molecule has 1 aliphatic heterocycles. The van der Waals surface area contributed by atoms with Gasteiger partial charge in [-0.15, -0.1) is 0 Å². The Morgan fingerprint density at radius 2 is 1.96 bits per heavy atom. The van der Waals surface area contributed by atoms with Crippen LogP contribution in [0.4, 0.5) is 5.69 Å². The number of carbonyl (C=O) groups excluding carboxylic acids is 2. The minimum atomic E-state index is -0.424. The summed E-state index contributed by atoms with van der Waals surface area (Å²) in [7, 11) is 1.84. The summed E-state index contributed by atoms with van der Waals surface area (Å²) in [5.41, 5.74) is 7.14. The average molecular weight is 359 g/mol. The minimum absolute atomic E-state index is 0.00617. The van der Waals surface area contributed by atoms with Crippen molar-refractivity contribution in [3.8, 4) is 0 Å². The highest BCUT2D eigenvalue weighted by Crippen LogP contribution is 2.42. The van der Waals surface area contributed by atoms with E-state index in [2.05, 4.69) is 10.4 Å². The van der Waals surface area contributed by atoms with Crippen LogP contribution >= 0.6 is 0 Å². The molecule has 26 heavy (non-hydrogen) atoms. The van der Waals surface area contributed by atoms with Crippen LogP contribution in [0.3, 0.4) is 0 Å². The number of nitrogens with one attached hydrogen (secondary N) is 1. The van der Waals surface area contributed by atoms with Crippen molar-refractivity contribution in [3.63, 3.8) is 0 Å². The molecule has 1 saturated heterocycles. The van der Waals surface area contributed by atoms with E-state index in [1.165, 1.54) is 6.42 Å². The first-order chi connectivity index (χ1) is 12.5. The van der Waals surface area contributed by atoms with Crippen LogP contribution in [0.25, 0.3) is 0 Å². The molecule has 3 unspecified atom stereocenters. The quantitative estimate of drug-likeness (QED) is 0.848. The maximum absolute atomic E-state index is 12.9.